The molecule has 1 amide bonds. The molecule has 2 aromatic rings. The molecule has 0 saturated carbocycles. The number of halogens is 1. The van der Waals surface area contributed by atoms with Crippen LogP contribution >= 0.6 is 0 Å². The Hall–Kier alpha value is -2.47. The highest BCUT2D eigenvalue weighted by Crippen LogP contribution is 2.25. The van der Waals surface area contributed by atoms with Gasteiger partial charge in [0.05, 0.1) is 13.2 Å². The molecular weight excluding hydrogens is 323 g/mol. The van der Waals surface area contributed by atoms with E-state index in [1.54, 1.807) is 35.2 Å². The van der Waals surface area contributed by atoms with E-state index in [2.05, 4.69) is 4.98 Å². The highest BCUT2D eigenvalue weighted by molar-refractivity contribution is 5.94. The van der Waals surface area contributed by atoms with E-state index in [-0.39, 0.29) is 24.2 Å². The quantitative estimate of drug-likeness (QED) is 0.924. The van der Waals surface area contributed by atoms with Crippen LogP contribution in [0.25, 0.3) is 0 Å². The molecule has 1 N–H and O–H groups in total. The molecule has 1 fully saturated rings. The Labute approximate surface area is 146 Å². The summed E-state index contributed by atoms with van der Waals surface area (Å²) in [6.07, 6.45) is 1.94. The lowest BCUT2D eigenvalue weighted by molar-refractivity contribution is 0.0195. The van der Waals surface area contributed by atoms with Gasteiger partial charge < -0.3 is 14.7 Å². The van der Waals surface area contributed by atoms with E-state index in [1.165, 1.54) is 19.4 Å². The Balaban J connectivity index is 1.65. The maximum absolute atomic E-state index is 13.8. The maximum Gasteiger partial charge on any atom is 0.254 e. The number of piperidine rings is 1. The normalized spacial score (nSPS) is 20.4. The number of aliphatic hydroxyl groups is 1. The first kappa shape index (κ1) is 17.4. The topological polar surface area (TPSA) is 62.7 Å². The number of aromatic nitrogens is 1. The fourth-order valence-corrected chi connectivity index (χ4v) is 3.19. The number of hydrogen-bond acceptors (Lipinski definition) is 4. The number of methoxy groups -OCH3 is 1. The van der Waals surface area contributed by atoms with Gasteiger partial charge in [-0.15, -0.1) is 0 Å². The molecule has 132 valence electrons. The van der Waals surface area contributed by atoms with Gasteiger partial charge in [0.15, 0.2) is 0 Å². The van der Waals surface area contributed by atoms with Crippen molar-refractivity contribution in [3.8, 4) is 5.88 Å². The van der Waals surface area contributed by atoms with Crippen molar-refractivity contribution in [2.24, 2.45) is 5.92 Å². The largest absolute Gasteiger partial charge is 0.481 e. The molecule has 2 heterocycles. The first-order valence-corrected chi connectivity index (χ1v) is 8.29. The van der Waals surface area contributed by atoms with E-state index in [0.29, 0.717) is 36.4 Å². The van der Waals surface area contributed by atoms with Gasteiger partial charge in [0.2, 0.25) is 5.88 Å². The van der Waals surface area contributed by atoms with Gasteiger partial charge >= 0.3 is 0 Å². The average molecular weight is 344 g/mol. The highest BCUT2D eigenvalue weighted by Gasteiger charge is 2.31. The summed E-state index contributed by atoms with van der Waals surface area (Å²) in [6, 6.07) is 9.82. The van der Waals surface area contributed by atoms with E-state index < -0.39 is 6.10 Å². The second-order valence-corrected chi connectivity index (χ2v) is 6.25. The van der Waals surface area contributed by atoms with Gasteiger partial charge in [-0.2, -0.15) is 0 Å². The number of amides is 1. The SMILES string of the molecule is COc1cc(C(=O)N2CC[C@H](Cc3ccccc3F)[C@@H](O)C2)ccn1. The van der Waals surface area contributed by atoms with Crippen LogP contribution in [-0.4, -0.2) is 47.2 Å². The third-order valence-corrected chi connectivity index (χ3v) is 4.64. The van der Waals surface area contributed by atoms with Crippen LogP contribution < -0.4 is 4.74 Å². The van der Waals surface area contributed by atoms with Crippen LogP contribution in [0.1, 0.15) is 22.3 Å². The van der Waals surface area contributed by atoms with E-state index in [4.69, 9.17) is 4.74 Å². The molecule has 1 aromatic carbocycles. The number of nitrogens with zero attached hydrogens (tertiary/aromatic N) is 2. The monoisotopic (exact) mass is 344 g/mol. The first-order valence-electron chi connectivity index (χ1n) is 8.29. The molecule has 2 atom stereocenters. The number of aliphatic hydroxyl groups excluding tert-OH is 1. The predicted molar refractivity (Wildman–Crippen MR) is 90.9 cm³/mol. The Morgan fingerprint density at radius 2 is 2.20 bits per heavy atom. The van der Waals surface area contributed by atoms with E-state index in [1.807, 2.05) is 0 Å². The van der Waals surface area contributed by atoms with Gasteiger partial charge in [-0.25, -0.2) is 9.37 Å². The number of ether oxygens (including phenoxy) is 1. The van der Waals surface area contributed by atoms with Crippen molar-refractivity contribution in [3.05, 3.63) is 59.5 Å². The summed E-state index contributed by atoms with van der Waals surface area (Å²) in [6.45, 7) is 0.766. The summed E-state index contributed by atoms with van der Waals surface area (Å²) in [5, 5.41) is 10.4. The van der Waals surface area contributed by atoms with Crippen molar-refractivity contribution in [2.45, 2.75) is 18.9 Å². The van der Waals surface area contributed by atoms with Crippen molar-refractivity contribution >= 4 is 5.91 Å². The summed E-state index contributed by atoms with van der Waals surface area (Å²) in [4.78, 5) is 18.2. The lowest BCUT2D eigenvalue weighted by Crippen LogP contribution is -2.47. The zero-order valence-corrected chi connectivity index (χ0v) is 14.1. The Bertz CT molecular complexity index is 753. The predicted octanol–water partition coefficient (Wildman–Crippen LogP) is 2.29. The Morgan fingerprint density at radius 1 is 1.40 bits per heavy atom. The molecule has 3 rings (SSSR count). The number of benzene rings is 1. The van der Waals surface area contributed by atoms with Gasteiger partial charge in [0, 0.05) is 30.9 Å². The third-order valence-electron chi connectivity index (χ3n) is 4.64. The lowest BCUT2D eigenvalue weighted by Gasteiger charge is -2.36. The molecule has 0 radical (unpaired) electrons. The second kappa shape index (κ2) is 7.61. The number of β-amino-alcohol motifs (C(OH)–C–C–N with tert-alkyl or cyclic N) is 1. The van der Waals surface area contributed by atoms with Gasteiger partial charge in [-0.1, -0.05) is 18.2 Å². The first-order chi connectivity index (χ1) is 12.1. The van der Waals surface area contributed by atoms with Crippen LogP contribution in [0.15, 0.2) is 42.6 Å². The Kier molecular flexibility index (Phi) is 5.28. The number of carbonyl (C=O) groups is 1. The Morgan fingerprint density at radius 3 is 2.92 bits per heavy atom. The van der Waals surface area contributed by atoms with Crippen LogP contribution in [0.5, 0.6) is 5.88 Å². The van der Waals surface area contributed by atoms with Gasteiger partial charge in [-0.05, 0) is 36.5 Å². The van der Waals surface area contributed by atoms with Crippen LogP contribution in [0.4, 0.5) is 4.39 Å². The van der Waals surface area contributed by atoms with Crippen LogP contribution in [0, 0.1) is 11.7 Å². The van der Waals surface area contributed by atoms with Crippen LogP contribution in [0.2, 0.25) is 0 Å². The molecule has 1 aliphatic heterocycles. The minimum absolute atomic E-state index is 0.0621. The van der Waals surface area contributed by atoms with Crippen LogP contribution in [0.3, 0.4) is 0 Å². The number of hydrogen-bond donors (Lipinski definition) is 1. The zero-order chi connectivity index (χ0) is 17.8. The standard InChI is InChI=1S/C19H21FN2O3/c1-25-18-11-15(6-8-21-18)19(24)22-9-7-14(17(23)12-22)10-13-4-2-3-5-16(13)20/h2-6,8,11,14,17,23H,7,9-10,12H2,1H3/t14-,17+/m1/s1. The molecule has 1 aliphatic rings. The number of carbonyl (C=O) groups excluding carboxylic acids is 1. The van der Waals surface area contributed by atoms with Crippen molar-refractivity contribution in [1.82, 2.24) is 9.88 Å². The summed E-state index contributed by atoms with van der Waals surface area (Å²) in [5.41, 5.74) is 1.08. The lowest BCUT2D eigenvalue weighted by atomic mass is 9.87. The minimum atomic E-state index is -0.680. The van der Waals surface area contributed by atoms with Gasteiger partial charge in [-0.3, -0.25) is 4.79 Å². The summed E-state index contributed by atoms with van der Waals surface area (Å²) in [5.74, 6) is -0.102. The molecule has 1 aromatic heterocycles. The van der Waals surface area contributed by atoms with E-state index >= 15 is 0 Å². The smallest absolute Gasteiger partial charge is 0.254 e. The van der Waals surface area contributed by atoms with E-state index in [9.17, 15) is 14.3 Å². The maximum atomic E-state index is 13.8. The van der Waals surface area contributed by atoms with Gasteiger partial charge in [0.1, 0.15) is 5.82 Å². The molecule has 5 nitrogen and oxygen atoms in total. The van der Waals surface area contributed by atoms with Crippen molar-refractivity contribution < 1.29 is 19.0 Å². The fraction of sp³-hybridized carbons (Fsp3) is 0.368. The minimum Gasteiger partial charge on any atom is -0.481 e. The number of likely N-dealkylation sites (tertiary alicyclic amines) is 1. The van der Waals surface area contributed by atoms with Crippen LogP contribution in [-0.2, 0) is 6.42 Å². The molecule has 1 saturated heterocycles. The molecule has 0 unspecified atom stereocenters. The van der Waals surface area contributed by atoms with E-state index in [0.717, 1.165) is 0 Å². The molecule has 6 heteroatoms. The third kappa shape index (κ3) is 3.96. The van der Waals surface area contributed by atoms with Crippen molar-refractivity contribution in [1.29, 1.82) is 0 Å². The summed E-state index contributed by atoms with van der Waals surface area (Å²) >= 11 is 0. The summed E-state index contributed by atoms with van der Waals surface area (Å²) in [7, 11) is 1.49. The number of rotatable bonds is 4. The zero-order valence-electron chi connectivity index (χ0n) is 14.1. The van der Waals surface area contributed by atoms with Crippen molar-refractivity contribution in [3.63, 3.8) is 0 Å². The molecule has 25 heavy (non-hydrogen) atoms. The highest BCUT2D eigenvalue weighted by atomic mass is 19.1. The van der Waals surface area contributed by atoms with Crippen molar-refractivity contribution in [2.75, 3.05) is 20.2 Å². The fourth-order valence-electron chi connectivity index (χ4n) is 3.19. The number of pyridine rings is 1. The average Bonchev–Trinajstić information content (AvgIpc) is 2.64. The van der Waals surface area contributed by atoms with Gasteiger partial charge in [0.25, 0.3) is 5.91 Å². The molecular formula is C19H21FN2O3. The summed E-state index contributed by atoms with van der Waals surface area (Å²) < 4.78 is 18.8. The molecule has 0 bridgehead atoms. The second-order valence-electron chi connectivity index (χ2n) is 6.25. The molecule has 0 spiro atoms. The molecule has 0 aliphatic carbocycles.